The van der Waals surface area contributed by atoms with Gasteiger partial charge in [0.05, 0.1) is 37.2 Å². The second kappa shape index (κ2) is 11.9. The molecular formula is C23H33FN6O4. The van der Waals surface area contributed by atoms with Crippen molar-refractivity contribution >= 4 is 17.6 Å². The number of aryl methyl sites for hydroxylation is 1. The van der Waals surface area contributed by atoms with Crippen LogP contribution in [0.25, 0.3) is 0 Å². The molecule has 34 heavy (non-hydrogen) atoms. The lowest BCUT2D eigenvalue weighted by molar-refractivity contribution is -0.136. The molecule has 1 aromatic carbocycles. The zero-order valence-corrected chi connectivity index (χ0v) is 19.9. The second-order valence-corrected chi connectivity index (χ2v) is 8.77. The van der Waals surface area contributed by atoms with Crippen LogP contribution in [-0.4, -0.2) is 80.7 Å². The van der Waals surface area contributed by atoms with Crippen molar-refractivity contribution in [1.82, 2.24) is 24.8 Å². The maximum absolute atomic E-state index is 14.0. The molecule has 2 heterocycles. The molecule has 1 aliphatic heterocycles. The lowest BCUT2D eigenvalue weighted by Crippen LogP contribution is -2.48. The van der Waals surface area contributed by atoms with Gasteiger partial charge in [0.1, 0.15) is 11.5 Å². The lowest BCUT2D eigenvalue weighted by Gasteiger charge is -2.35. The highest BCUT2D eigenvalue weighted by molar-refractivity contribution is 5.89. The van der Waals surface area contributed by atoms with Crippen molar-refractivity contribution < 1.29 is 23.8 Å². The van der Waals surface area contributed by atoms with Crippen LogP contribution in [0.4, 0.5) is 14.9 Å². The first-order valence-corrected chi connectivity index (χ1v) is 11.5. The number of amides is 3. The van der Waals surface area contributed by atoms with Gasteiger partial charge in [0, 0.05) is 39.0 Å². The molecule has 0 saturated carbocycles. The van der Waals surface area contributed by atoms with Crippen molar-refractivity contribution in [2.45, 2.75) is 52.0 Å². The fraction of sp³-hybridized carbons (Fsp3) is 0.565. The molecule has 0 aliphatic carbocycles. The van der Waals surface area contributed by atoms with E-state index in [1.165, 1.54) is 17.0 Å². The first-order valence-electron chi connectivity index (χ1n) is 11.5. The van der Waals surface area contributed by atoms with Gasteiger partial charge in [0.15, 0.2) is 0 Å². The number of carbonyl (C=O) groups excluding carboxylic acids is 2. The van der Waals surface area contributed by atoms with Gasteiger partial charge in [0.25, 0.3) is 0 Å². The Morgan fingerprint density at radius 1 is 1.41 bits per heavy atom. The summed E-state index contributed by atoms with van der Waals surface area (Å²) in [6, 6.07) is 5.13. The highest BCUT2D eigenvalue weighted by Gasteiger charge is 2.29. The van der Waals surface area contributed by atoms with Crippen LogP contribution >= 0.6 is 0 Å². The predicted molar refractivity (Wildman–Crippen MR) is 123 cm³/mol. The fourth-order valence-corrected chi connectivity index (χ4v) is 3.82. The number of nitrogens with one attached hydrogen (secondary N) is 1. The van der Waals surface area contributed by atoms with Crippen LogP contribution in [0, 0.1) is 11.7 Å². The van der Waals surface area contributed by atoms with E-state index in [9.17, 15) is 19.1 Å². The van der Waals surface area contributed by atoms with Gasteiger partial charge in [-0.1, -0.05) is 24.3 Å². The molecule has 11 heteroatoms. The number of hydrogen-bond donors (Lipinski definition) is 2. The molecule has 186 valence electrons. The van der Waals surface area contributed by atoms with Crippen LogP contribution in [-0.2, 0) is 22.7 Å². The van der Waals surface area contributed by atoms with Crippen LogP contribution in [0.2, 0.25) is 0 Å². The van der Waals surface area contributed by atoms with Crippen molar-refractivity contribution in [2.75, 3.05) is 32.1 Å². The van der Waals surface area contributed by atoms with Crippen LogP contribution in [0.15, 0.2) is 30.5 Å². The molecule has 1 aromatic heterocycles. The van der Waals surface area contributed by atoms with Crippen LogP contribution in [0.5, 0.6) is 0 Å². The van der Waals surface area contributed by atoms with E-state index in [4.69, 9.17) is 4.74 Å². The van der Waals surface area contributed by atoms with E-state index >= 15 is 0 Å². The molecule has 2 bridgehead atoms. The number of rotatable bonds is 5. The van der Waals surface area contributed by atoms with E-state index in [1.54, 1.807) is 41.9 Å². The van der Waals surface area contributed by atoms with Crippen molar-refractivity contribution in [3.8, 4) is 0 Å². The molecule has 3 amide bonds. The summed E-state index contributed by atoms with van der Waals surface area (Å²) in [4.78, 5) is 28.7. The van der Waals surface area contributed by atoms with Crippen molar-refractivity contribution in [3.63, 3.8) is 0 Å². The predicted octanol–water partition coefficient (Wildman–Crippen LogP) is 2.11. The third-order valence-electron chi connectivity index (χ3n) is 5.96. The molecule has 0 saturated heterocycles. The van der Waals surface area contributed by atoms with Gasteiger partial charge < -0.3 is 25.0 Å². The monoisotopic (exact) mass is 476 g/mol. The number of aliphatic hydroxyl groups excluding tert-OH is 1. The molecule has 0 fully saturated rings. The Hall–Kier alpha value is -3.05. The minimum Gasteiger partial charge on any atom is -0.394 e. The Labute approximate surface area is 198 Å². The fourth-order valence-electron chi connectivity index (χ4n) is 3.82. The molecule has 2 aromatic rings. The van der Waals surface area contributed by atoms with Crippen molar-refractivity contribution in [3.05, 3.63) is 42.0 Å². The number of benzene rings is 1. The van der Waals surface area contributed by atoms with Gasteiger partial charge in [-0.25, -0.2) is 9.18 Å². The number of fused-ring (bicyclic) bond motifs is 2. The standard InChI is InChI=1S/C23H33FN6O4/c1-16-11-30(17(2)14-31)22(32)9-6-10-29-12-18(26-27-29)15-34-21(16)13-28(3)23(33)25-20-8-5-4-7-19(20)24/h4-5,7-8,12,16-17,21,31H,6,9-11,13-15H2,1-3H3,(H,25,33)/t16-,17+,21-/m0/s1. The average molecular weight is 477 g/mol. The lowest BCUT2D eigenvalue weighted by atomic mass is 10.0. The molecule has 0 unspecified atom stereocenters. The van der Waals surface area contributed by atoms with Crippen molar-refractivity contribution in [1.29, 1.82) is 0 Å². The summed E-state index contributed by atoms with van der Waals surface area (Å²) in [5.41, 5.74) is 0.746. The largest absolute Gasteiger partial charge is 0.394 e. The maximum Gasteiger partial charge on any atom is 0.321 e. The summed E-state index contributed by atoms with van der Waals surface area (Å²) in [7, 11) is 1.60. The Kier molecular flexibility index (Phi) is 8.94. The Bertz CT molecular complexity index is 970. The van der Waals surface area contributed by atoms with Crippen LogP contribution in [0.3, 0.4) is 0 Å². The highest BCUT2D eigenvalue weighted by atomic mass is 19.1. The van der Waals surface area contributed by atoms with E-state index in [0.29, 0.717) is 31.6 Å². The molecular weight excluding hydrogens is 443 g/mol. The van der Waals surface area contributed by atoms with Gasteiger partial charge in [-0.05, 0) is 25.5 Å². The molecule has 0 radical (unpaired) electrons. The summed E-state index contributed by atoms with van der Waals surface area (Å²) >= 11 is 0. The number of ether oxygens (including phenoxy) is 1. The summed E-state index contributed by atoms with van der Waals surface area (Å²) in [5, 5.41) is 20.5. The Morgan fingerprint density at radius 3 is 2.91 bits per heavy atom. The first kappa shape index (κ1) is 25.6. The molecule has 3 rings (SSSR count). The van der Waals surface area contributed by atoms with E-state index < -0.39 is 18.0 Å². The van der Waals surface area contributed by atoms with E-state index in [1.807, 2.05) is 6.92 Å². The van der Waals surface area contributed by atoms with Gasteiger partial charge in [-0.3, -0.25) is 9.48 Å². The third-order valence-corrected chi connectivity index (χ3v) is 5.96. The molecule has 0 spiro atoms. The number of carbonyl (C=O) groups is 2. The van der Waals surface area contributed by atoms with Crippen LogP contribution in [0.1, 0.15) is 32.4 Å². The Balaban J connectivity index is 1.76. The number of urea groups is 1. The van der Waals surface area contributed by atoms with Gasteiger partial charge in [-0.2, -0.15) is 0 Å². The molecule has 10 nitrogen and oxygen atoms in total. The number of hydrogen-bond acceptors (Lipinski definition) is 6. The Morgan fingerprint density at radius 2 is 2.18 bits per heavy atom. The maximum atomic E-state index is 14.0. The van der Waals surface area contributed by atoms with Crippen LogP contribution < -0.4 is 5.32 Å². The number of nitrogens with zero attached hydrogens (tertiary/aromatic N) is 5. The number of likely N-dealkylation sites (N-methyl/N-ethyl adjacent to an activating group) is 1. The topological polar surface area (TPSA) is 113 Å². The molecule has 3 atom stereocenters. The second-order valence-electron chi connectivity index (χ2n) is 8.77. The molecule has 1 aliphatic rings. The summed E-state index contributed by atoms with van der Waals surface area (Å²) < 4.78 is 21.8. The molecule has 2 N–H and O–H groups in total. The number of anilines is 1. The van der Waals surface area contributed by atoms with E-state index in [0.717, 1.165) is 0 Å². The summed E-state index contributed by atoms with van der Waals surface area (Å²) in [6.45, 7) is 4.90. The van der Waals surface area contributed by atoms with Gasteiger partial charge in [0.2, 0.25) is 5.91 Å². The number of halogens is 1. The average Bonchev–Trinajstić information content (AvgIpc) is 3.27. The van der Waals surface area contributed by atoms with E-state index in [-0.39, 0.29) is 43.3 Å². The van der Waals surface area contributed by atoms with Gasteiger partial charge >= 0.3 is 6.03 Å². The quantitative estimate of drug-likeness (QED) is 0.684. The summed E-state index contributed by atoms with van der Waals surface area (Å²) in [5.74, 6) is -0.749. The SMILES string of the molecule is C[C@H](CO)N1C[C@H](C)[C@H](CN(C)C(=O)Nc2ccccc2F)OCc2cn(nn2)CCCC1=O. The third kappa shape index (κ3) is 6.73. The zero-order chi connectivity index (χ0) is 24.7. The zero-order valence-electron chi connectivity index (χ0n) is 19.9. The van der Waals surface area contributed by atoms with E-state index in [2.05, 4.69) is 15.6 Å². The minimum absolute atomic E-state index is 0.0580. The first-order chi connectivity index (χ1) is 16.3. The minimum atomic E-state index is -0.522. The highest BCUT2D eigenvalue weighted by Crippen LogP contribution is 2.18. The number of aliphatic hydroxyl groups is 1. The number of aromatic nitrogens is 3. The smallest absolute Gasteiger partial charge is 0.321 e. The van der Waals surface area contributed by atoms with Crippen molar-refractivity contribution in [2.24, 2.45) is 5.92 Å². The number of para-hydroxylation sites is 1. The van der Waals surface area contributed by atoms with Gasteiger partial charge in [-0.15, -0.1) is 5.10 Å². The summed E-state index contributed by atoms with van der Waals surface area (Å²) in [6.07, 6.45) is 2.26. The normalized spacial score (nSPS) is 20.6.